The summed E-state index contributed by atoms with van der Waals surface area (Å²) in [6.07, 6.45) is 0. The third-order valence-electron chi connectivity index (χ3n) is 2.17. The summed E-state index contributed by atoms with van der Waals surface area (Å²) >= 11 is 6.96. The normalized spacial score (nSPS) is 12.3. The molecule has 0 amide bonds. The summed E-state index contributed by atoms with van der Waals surface area (Å²) in [4.78, 5) is 17.4. The highest BCUT2D eigenvalue weighted by Gasteiger charge is 2.20. The van der Waals surface area contributed by atoms with E-state index < -0.39 is 5.97 Å². The average Bonchev–Trinajstić information content (AvgIpc) is 2.68. The predicted octanol–water partition coefficient (Wildman–Crippen LogP) is 1.40. The van der Waals surface area contributed by atoms with Crippen molar-refractivity contribution in [1.82, 2.24) is 4.98 Å². The van der Waals surface area contributed by atoms with Gasteiger partial charge >= 0.3 is 5.97 Å². The molecule has 1 aromatic rings. The Labute approximate surface area is 103 Å². The van der Waals surface area contributed by atoms with Gasteiger partial charge in [-0.05, 0) is 6.92 Å². The van der Waals surface area contributed by atoms with Crippen LogP contribution in [0.25, 0.3) is 0 Å². The van der Waals surface area contributed by atoms with Crippen molar-refractivity contribution in [3.63, 3.8) is 0 Å². The van der Waals surface area contributed by atoms with Crippen LogP contribution in [0.1, 0.15) is 16.6 Å². The van der Waals surface area contributed by atoms with Crippen LogP contribution in [-0.4, -0.2) is 42.9 Å². The van der Waals surface area contributed by atoms with Gasteiger partial charge in [-0.1, -0.05) is 22.9 Å². The smallest absolute Gasteiger partial charge is 0.351 e. The van der Waals surface area contributed by atoms with Gasteiger partial charge in [0.25, 0.3) is 0 Å². The number of aromatic nitrogens is 1. The number of rotatable bonds is 4. The number of halogens is 1. The van der Waals surface area contributed by atoms with E-state index in [9.17, 15) is 4.79 Å². The number of ether oxygens (including phenoxy) is 1. The lowest BCUT2D eigenvalue weighted by Crippen LogP contribution is -2.31. The fourth-order valence-electron chi connectivity index (χ4n) is 0.971. The molecule has 0 spiro atoms. The third-order valence-corrected chi connectivity index (χ3v) is 3.68. The first kappa shape index (κ1) is 13.2. The molecule has 1 atom stereocenters. The number of hydrogen-bond donors (Lipinski definition) is 1. The Morgan fingerprint density at radius 1 is 1.75 bits per heavy atom. The molecule has 0 aliphatic heterocycles. The fourth-order valence-corrected chi connectivity index (χ4v) is 2.23. The summed E-state index contributed by atoms with van der Waals surface area (Å²) in [6, 6.07) is -0.0901. The number of aliphatic hydroxyl groups is 1. The molecule has 5 nitrogen and oxygen atoms in total. The molecular weight excluding hydrogens is 252 g/mol. The number of methoxy groups -OCH3 is 1. The number of carbonyl (C=O) groups is 1. The zero-order chi connectivity index (χ0) is 12.3. The first-order valence-corrected chi connectivity index (χ1v) is 5.79. The number of hydrogen-bond acceptors (Lipinski definition) is 6. The quantitative estimate of drug-likeness (QED) is 0.833. The molecule has 0 aliphatic carbocycles. The SMILES string of the molecule is COC(=O)c1sc(N(C)C(C)CO)nc1Cl. The Bertz CT molecular complexity index is 383. The Hall–Kier alpha value is -0.850. The molecule has 0 aliphatic rings. The number of carbonyl (C=O) groups excluding carboxylic acids is 1. The molecule has 90 valence electrons. The molecule has 0 aromatic carbocycles. The van der Waals surface area contributed by atoms with Crippen LogP contribution < -0.4 is 4.90 Å². The van der Waals surface area contributed by atoms with Gasteiger partial charge in [0, 0.05) is 7.05 Å². The highest BCUT2D eigenvalue weighted by molar-refractivity contribution is 7.18. The van der Waals surface area contributed by atoms with Crippen molar-refractivity contribution >= 4 is 34.0 Å². The largest absolute Gasteiger partial charge is 0.465 e. The Balaban J connectivity index is 2.96. The lowest BCUT2D eigenvalue weighted by molar-refractivity contribution is 0.0606. The van der Waals surface area contributed by atoms with E-state index in [2.05, 4.69) is 9.72 Å². The minimum atomic E-state index is -0.501. The van der Waals surface area contributed by atoms with Crippen molar-refractivity contribution in [2.45, 2.75) is 13.0 Å². The lowest BCUT2D eigenvalue weighted by atomic mass is 10.3. The fraction of sp³-hybridized carbons (Fsp3) is 0.556. The van der Waals surface area contributed by atoms with Gasteiger partial charge in [0.1, 0.15) is 0 Å². The van der Waals surface area contributed by atoms with Crippen molar-refractivity contribution in [3.05, 3.63) is 10.0 Å². The lowest BCUT2D eigenvalue weighted by Gasteiger charge is -2.21. The second-order valence-corrected chi connectivity index (χ2v) is 4.59. The number of anilines is 1. The van der Waals surface area contributed by atoms with Gasteiger partial charge < -0.3 is 14.7 Å². The van der Waals surface area contributed by atoms with Crippen LogP contribution in [0.3, 0.4) is 0 Å². The molecule has 16 heavy (non-hydrogen) atoms. The van der Waals surface area contributed by atoms with Gasteiger partial charge in [-0.3, -0.25) is 0 Å². The molecular formula is C9H13ClN2O3S. The van der Waals surface area contributed by atoms with E-state index >= 15 is 0 Å². The molecule has 0 saturated heterocycles. The van der Waals surface area contributed by atoms with E-state index in [4.69, 9.17) is 16.7 Å². The van der Waals surface area contributed by atoms with Crippen LogP contribution in [0.5, 0.6) is 0 Å². The standard InChI is InChI=1S/C9H13ClN2O3S/c1-5(4-13)12(2)9-11-7(10)6(16-9)8(14)15-3/h5,13H,4H2,1-3H3. The summed E-state index contributed by atoms with van der Waals surface area (Å²) < 4.78 is 4.58. The molecule has 1 N–H and O–H groups in total. The second kappa shape index (κ2) is 5.47. The van der Waals surface area contributed by atoms with Gasteiger partial charge in [0.05, 0.1) is 19.8 Å². The van der Waals surface area contributed by atoms with Crippen molar-refractivity contribution in [2.75, 3.05) is 25.7 Å². The first-order valence-electron chi connectivity index (χ1n) is 4.59. The van der Waals surface area contributed by atoms with E-state index in [0.29, 0.717) is 5.13 Å². The van der Waals surface area contributed by atoms with Crippen LogP contribution in [0.15, 0.2) is 0 Å². The summed E-state index contributed by atoms with van der Waals surface area (Å²) in [5, 5.41) is 9.71. The molecule has 0 fully saturated rings. The zero-order valence-corrected chi connectivity index (χ0v) is 10.8. The number of aliphatic hydroxyl groups excluding tert-OH is 1. The topological polar surface area (TPSA) is 62.7 Å². The van der Waals surface area contributed by atoms with E-state index in [0.717, 1.165) is 11.3 Å². The first-order chi connectivity index (χ1) is 7.51. The Morgan fingerprint density at radius 2 is 2.38 bits per heavy atom. The minimum absolute atomic E-state index is 0.00125. The van der Waals surface area contributed by atoms with Gasteiger partial charge in [0.15, 0.2) is 15.2 Å². The molecule has 0 bridgehead atoms. The number of likely N-dealkylation sites (N-methyl/N-ethyl adjacent to an activating group) is 1. The molecule has 1 aromatic heterocycles. The van der Waals surface area contributed by atoms with E-state index in [1.165, 1.54) is 7.11 Å². The summed E-state index contributed by atoms with van der Waals surface area (Å²) in [6.45, 7) is 1.84. The Morgan fingerprint density at radius 3 is 2.88 bits per heavy atom. The average molecular weight is 265 g/mol. The summed E-state index contributed by atoms with van der Waals surface area (Å²) in [7, 11) is 3.06. The molecule has 1 unspecified atom stereocenters. The Kier molecular flexibility index (Phi) is 4.52. The van der Waals surface area contributed by atoms with Gasteiger partial charge in [-0.25, -0.2) is 9.78 Å². The minimum Gasteiger partial charge on any atom is -0.465 e. The van der Waals surface area contributed by atoms with Crippen LogP contribution in [0.4, 0.5) is 5.13 Å². The molecule has 7 heteroatoms. The highest BCUT2D eigenvalue weighted by Crippen LogP contribution is 2.30. The number of thiazole rings is 1. The number of nitrogens with zero attached hydrogens (tertiary/aromatic N) is 2. The van der Waals surface area contributed by atoms with Gasteiger partial charge in [-0.15, -0.1) is 0 Å². The number of esters is 1. The van der Waals surface area contributed by atoms with Crippen LogP contribution in [0.2, 0.25) is 5.15 Å². The molecule has 1 rings (SSSR count). The van der Waals surface area contributed by atoms with E-state index in [-0.39, 0.29) is 22.7 Å². The van der Waals surface area contributed by atoms with Gasteiger partial charge in [-0.2, -0.15) is 0 Å². The zero-order valence-electron chi connectivity index (χ0n) is 9.23. The maximum absolute atomic E-state index is 11.3. The van der Waals surface area contributed by atoms with E-state index in [1.54, 1.807) is 11.9 Å². The van der Waals surface area contributed by atoms with Crippen LogP contribution >= 0.6 is 22.9 Å². The van der Waals surface area contributed by atoms with Crippen LogP contribution in [-0.2, 0) is 4.74 Å². The van der Waals surface area contributed by atoms with Crippen molar-refractivity contribution in [2.24, 2.45) is 0 Å². The van der Waals surface area contributed by atoms with Gasteiger partial charge in [0.2, 0.25) is 0 Å². The predicted molar refractivity (Wildman–Crippen MR) is 63.4 cm³/mol. The maximum atomic E-state index is 11.3. The molecule has 1 heterocycles. The van der Waals surface area contributed by atoms with E-state index in [1.807, 2.05) is 6.92 Å². The summed E-state index contributed by atoms with van der Waals surface area (Å²) in [5.41, 5.74) is 0. The highest BCUT2D eigenvalue weighted by atomic mass is 35.5. The summed E-state index contributed by atoms with van der Waals surface area (Å²) in [5.74, 6) is -0.501. The monoisotopic (exact) mass is 264 g/mol. The molecule has 0 saturated carbocycles. The molecule has 0 radical (unpaired) electrons. The van der Waals surface area contributed by atoms with Crippen LogP contribution in [0, 0.1) is 0 Å². The van der Waals surface area contributed by atoms with Crippen molar-refractivity contribution < 1.29 is 14.6 Å². The van der Waals surface area contributed by atoms with Crippen molar-refractivity contribution in [3.8, 4) is 0 Å². The second-order valence-electron chi connectivity index (χ2n) is 3.25. The third kappa shape index (κ3) is 2.63. The maximum Gasteiger partial charge on any atom is 0.351 e. The van der Waals surface area contributed by atoms with Crippen molar-refractivity contribution in [1.29, 1.82) is 0 Å².